The zero-order valence-electron chi connectivity index (χ0n) is 6.26. The summed E-state index contributed by atoms with van der Waals surface area (Å²) < 4.78 is 10.2. The van der Waals surface area contributed by atoms with Crippen LogP contribution in [-0.2, 0) is 9.47 Å². The van der Waals surface area contributed by atoms with Gasteiger partial charge in [0.15, 0.2) is 0 Å². The molecule has 0 aliphatic carbocycles. The van der Waals surface area contributed by atoms with Crippen molar-refractivity contribution in [3.8, 4) is 0 Å². The van der Waals surface area contributed by atoms with Crippen molar-refractivity contribution >= 4 is 5.90 Å². The first-order valence-corrected chi connectivity index (χ1v) is 3.25. The van der Waals surface area contributed by atoms with Gasteiger partial charge in [-0.3, -0.25) is 0 Å². The van der Waals surface area contributed by atoms with Crippen LogP contribution in [0.25, 0.3) is 0 Å². The van der Waals surface area contributed by atoms with Crippen LogP contribution in [0.3, 0.4) is 0 Å². The monoisotopic (exact) mass is 144 g/mol. The quantitative estimate of drug-likeness (QED) is 0.591. The summed E-state index contributed by atoms with van der Waals surface area (Å²) in [5, 5.41) is 3.85. The lowest BCUT2D eigenvalue weighted by molar-refractivity contribution is 0.0638. The second-order valence-electron chi connectivity index (χ2n) is 2.19. The van der Waals surface area contributed by atoms with E-state index in [-0.39, 0.29) is 6.10 Å². The van der Waals surface area contributed by atoms with Crippen molar-refractivity contribution in [2.75, 3.05) is 20.3 Å². The summed E-state index contributed by atoms with van der Waals surface area (Å²) in [6, 6.07) is 0. The molecule has 1 unspecified atom stereocenters. The first-order valence-electron chi connectivity index (χ1n) is 3.25. The number of rotatable bonds is 2. The van der Waals surface area contributed by atoms with Gasteiger partial charge in [0.05, 0.1) is 13.2 Å². The Morgan fingerprint density at radius 3 is 3.30 bits per heavy atom. The van der Waals surface area contributed by atoms with Gasteiger partial charge >= 0.3 is 0 Å². The summed E-state index contributed by atoms with van der Waals surface area (Å²) in [6.07, 6.45) is 0.113. The molecular weight excluding hydrogens is 132 g/mol. The maximum Gasteiger partial charge on any atom is 0.202 e. The van der Waals surface area contributed by atoms with Gasteiger partial charge in [-0.2, -0.15) is 0 Å². The molecule has 1 aliphatic rings. The minimum absolute atomic E-state index is 0.113. The highest BCUT2D eigenvalue weighted by Crippen LogP contribution is 1.97. The molecule has 1 atom stereocenters. The Labute approximate surface area is 60.2 Å². The number of nitrogens with zero attached hydrogens (tertiary/aromatic N) is 1. The highest BCUT2D eigenvalue weighted by Gasteiger charge is 2.13. The molecule has 0 aromatic carbocycles. The van der Waals surface area contributed by atoms with Crippen LogP contribution in [0, 0.1) is 0 Å². The van der Waals surface area contributed by atoms with E-state index in [0.717, 1.165) is 6.54 Å². The van der Waals surface area contributed by atoms with E-state index in [4.69, 9.17) is 9.47 Å². The smallest absolute Gasteiger partial charge is 0.202 e. The molecule has 0 fully saturated rings. The second-order valence-corrected chi connectivity index (χ2v) is 2.19. The van der Waals surface area contributed by atoms with Crippen molar-refractivity contribution in [1.82, 2.24) is 5.43 Å². The normalized spacial score (nSPS) is 24.6. The molecule has 0 bridgehead atoms. The molecule has 0 saturated heterocycles. The van der Waals surface area contributed by atoms with Gasteiger partial charge in [0.1, 0.15) is 6.10 Å². The predicted molar refractivity (Wildman–Crippen MR) is 37.9 cm³/mol. The number of nitrogens with one attached hydrogen (secondary N) is 1. The highest BCUT2D eigenvalue weighted by atomic mass is 16.5. The summed E-state index contributed by atoms with van der Waals surface area (Å²) in [4.78, 5) is 0. The van der Waals surface area contributed by atoms with Gasteiger partial charge in [0.2, 0.25) is 5.90 Å². The summed E-state index contributed by atoms with van der Waals surface area (Å²) in [7, 11) is 1.66. The van der Waals surface area contributed by atoms with E-state index in [9.17, 15) is 0 Å². The molecule has 1 rings (SSSR count). The standard InChI is InChI=1S/C6H12N2O2/c1-5-8-7-3-6(10-5)4-9-2/h6-7H,3-4H2,1-2H3. The predicted octanol–water partition coefficient (Wildman–Crippen LogP) is -0.0454. The summed E-state index contributed by atoms with van der Waals surface area (Å²) in [5.74, 6) is 0.674. The summed E-state index contributed by atoms with van der Waals surface area (Å²) in [5.41, 5.74) is 2.85. The minimum Gasteiger partial charge on any atom is -0.472 e. The van der Waals surface area contributed by atoms with E-state index < -0.39 is 0 Å². The van der Waals surface area contributed by atoms with Crippen LogP contribution in [0.1, 0.15) is 6.92 Å². The molecule has 1 heterocycles. The Hall–Kier alpha value is -0.770. The van der Waals surface area contributed by atoms with Gasteiger partial charge in [-0.25, -0.2) is 0 Å². The van der Waals surface area contributed by atoms with Crippen LogP contribution in [0.15, 0.2) is 5.10 Å². The molecule has 0 amide bonds. The molecule has 0 aromatic heterocycles. The Kier molecular flexibility index (Phi) is 2.50. The fourth-order valence-corrected chi connectivity index (χ4v) is 0.847. The van der Waals surface area contributed by atoms with E-state index >= 15 is 0 Å². The maximum absolute atomic E-state index is 5.29. The van der Waals surface area contributed by atoms with Crippen LogP contribution >= 0.6 is 0 Å². The molecule has 58 valence electrons. The van der Waals surface area contributed by atoms with Gasteiger partial charge in [0.25, 0.3) is 0 Å². The van der Waals surface area contributed by atoms with E-state index in [1.807, 2.05) is 6.92 Å². The average Bonchev–Trinajstić information content (AvgIpc) is 1.88. The SMILES string of the molecule is COCC1CNN=C(C)O1. The second kappa shape index (κ2) is 3.41. The number of hydrogen-bond acceptors (Lipinski definition) is 4. The third kappa shape index (κ3) is 1.88. The number of hydrogen-bond donors (Lipinski definition) is 1. The Balaban J connectivity index is 2.30. The van der Waals surface area contributed by atoms with E-state index in [2.05, 4.69) is 10.5 Å². The largest absolute Gasteiger partial charge is 0.472 e. The first kappa shape index (κ1) is 7.34. The number of methoxy groups -OCH3 is 1. The average molecular weight is 144 g/mol. The van der Waals surface area contributed by atoms with E-state index in [1.165, 1.54) is 0 Å². The van der Waals surface area contributed by atoms with Crippen molar-refractivity contribution in [2.24, 2.45) is 5.10 Å². The van der Waals surface area contributed by atoms with Crippen LogP contribution in [0.2, 0.25) is 0 Å². The van der Waals surface area contributed by atoms with Crippen LogP contribution < -0.4 is 5.43 Å². The molecular formula is C6H12N2O2. The number of ether oxygens (including phenoxy) is 2. The molecule has 10 heavy (non-hydrogen) atoms. The van der Waals surface area contributed by atoms with Crippen LogP contribution in [0.4, 0.5) is 0 Å². The van der Waals surface area contributed by atoms with Crippen molar-refractivity contribution < 1.29 is 9.47 Å². The van der Waals surface area contributed by atoms with Crippen molar-refractivity contribution in [2.45, 2.75) is 13.0 Å². The van der Waals surface area contributed by atoms with Gasteiger partial charge in [-0.05, 0) is 0 Å². The molecule has 0 radical (unpaired) electrons. The van der Waals surface area contributed by atoms with Crippen LogP contribution in [-0.4, -0.2) is 32.3 Å². The molecule has 1 N–H and O–H groups in total. The zero-order valence-corrected chi connectivity index (χ0v) is 6.26. The minimum atomic E-state index is 0.113. The molecule has 0 saturated carbocycles. The van der Waals surface area contributed by atoms with Crippen molar-refractivity contribution in [1.29, 1.82) is 0 Å². The Bertz CT molecular complexity index is 136. The van der Waals surface area contributed by atoms with Gasteiger partial charge < -0.3 is 14.9 Å². The van der Waals surface area contributed by atoms with Gasteiger partial charge in [-0.15, -0.1) is 5.10 Å². The third-order valence-corrected chi connectivity index (χ3v) is 1.25. The number of hydrazone groups is 1. The van der Waals surface area contributed by atoms with Gasteiger partial charge in [0, 0.05) is 14.0 Å². The topological polar surface area (TPSA) is 42.8 Å². The molecule has 4 heteroatoms. The summed E-state index contributed by atoms with van der Waals surface area (Å²) in [6.45, 7) is 3.15. The molecule has 0 aromatic rings. The van der Waals surface area contributed by atoms with Crippen molar-refractivity contribution in [3.63, 3.8) is 0 Å². The van der Waals surface area contributed by atoms with E-state index in [1.54, 1.807) is 7.11 Å². The fraction of sp³-hybridized carbons (Fsp3) is 0.833. The lowest BCUT2D eigenvalue weighted by Crippen LogP contribution is -2.36. The fourth-order valence-electron chi connectivity index (χ4n) is 0.847. The van der Waals surface area contributed by atoms with Crippen molar-refractivity contribution in [3.05, 3.63) is 0 Å². The van der Waals surface area contributed by atoms with Crippen LogP contribution in [0.5, 0.6) is 0 Å². The lowest BCUT2D eigenvalue weighted by atomic mass is 10.4. The molecule has 1 aliphatic heterocycles. The summed E-state index contributed by atoms with van der Waals surface area (Å²) >= 11 is 0. The highest BCUT2D eigenvalue weighted by molar-refractivity contribution is 5.73. The molecule has 0 spiro atoms. The zero-order chi connectivity index (χ0) is 7.40. The Morgan fingerprint density at radius 2 is 2.70 bits per heavy atom. The maximum atomic E-state index is 5.29. The van der Waals surface area contributed by atoms with Gasteiger partial charge in [-0.1, -0.05) is 0 Å². The third-order valence-electron chi connectivity index (χ3n) is 1.25. The Morgan fingerprint density at radius 1 is 1.90 bits per heavy atom. The van der Waals surface area contributed by atoms with E-state index in [0.29, 0.717) is 12.5 Å². The first-order chi connectivity index (χ1) is 4.83. The lowest BCUT2D eigenvalue weighted by Gasteiger charge is -2.21. The molecule has 4 nitrogen and oxygen atoms in total.